The first-order valence-corrected chi connectivity index (χ1v) is 12.7. The summed E-state index contributed by atoms with van der Waals surface area (Å²) in [6, 6.07) is 4.44. The van der Waals surface area contributed by atoms with E-state index in [-0.39, 0.29) is 23.6 Å². The van der Waals surface area contributed by atoms with Crippen molar-refractivity contribution in [3.8, 4) is 5.75 Å². The maximum atomic E-state index is 14.0. The van der Waals surface area contributed by atoms with E-state index in [4.69, 9.17) is 4.74 Å². The van der Waals surface area contributed by atoms with E-state index in [1.165, 1.54) is 11.0 Å². The molecule has 3 amide bonds. The standard InChI is InChI=1S/C27H45N3O5/c1-9-10-11-14-17-30(25(33)22(18(2)3)29-26(34)35-27(6,7)8)23(24(32)28-19(4)5)20-15-12-13-16-21(20)31/h12-13,15-16,18-19,22-23,31H,9-11,14,17H2,1-8H3,(H,28,32)(H,29,34). The Labute approximate surface area is 210 Å². The van der Waals surface area contributed by atoms with Crippen molar-refractivity contribution in [2.75, 3.05) is 6.54 Å². The second kappa shape index (κ2) is 14.0. The summed E-state index contributed by atoms with van der Waals surface area (Å²) in [5.41, 5.74) is -0.376. The Hall–Kier alpha value is -2.77. The number of carbonyl (C=O) groups excluding carboxylic acids is 3. The molecule has 35 heavy (non-hydrogen) atoms. The predicted molar refractivity (Wildman–Crippen MR) is 138 cm³/mol. The van der Waals surface area contributed by atoms with E-state index in [2.05, 4.69) is 17.6 Å². The van der Waals surface area contributed by atoms with Gasteiger partial charge in [0.1, 0.15) is 23.4 Å². The van der Waals surface area contributed by atoms with Crippen LogP contribution in [0.25, 0.3) is 0 Å². The zero-order valence-corrected chi connectivity index (χ0v) is 22.7. The molecule has 0 bridgehead atoms. The lowest BCUT2D eigenvalue weighted by molar-refractivity contribution is -0.143. The second-order valence-corrected chi connectivity index (χ2v) is 10.6. The largest absolute Gasteiger partial charge is 0.508 e. The molecule has 0 aliphatic carbocycles. The average Bonchev–Trinajstić information content (AvgIpc) is 2.72. The van der Waals surface area contributed by atoms with Crippen molar-refractivity contribution in [1.82, 2.24) is 15.5 Å². The first-order chi connectivity index (χ1) is 16.3. The maximum Gasteiger partial charge on any atom is 0.408 e. The van der Waals surface area contributed by atoms with Crippen LogP contribution in [0.15, 0.2) is 24.3 Å². The number of alkyl carbamates (subject to hydrolysis) is 1. The number of phenolic OH excluding ortho intramolecular Hbond substituents is 1. The SMILES string of the molecule is CCCCCCN(C(=O)C(NC(=O)OC(C)(C)C)C(C)C)C(C(=O)NC(C)C)c1ccccc1O. The van der Waals surface area contributed by atoms with Gasteiger partial charge in [-0.15, -0.1) is 0 Å². The summed E-state index contributed by atoms with van der Waals surface area (Å²) in [7, 11) is 0. The highest BCUT2D eigenvalue weighted by Gasteiger charge is 2.38. The Morgan fingerprint density at radius 3 is 2.14 bits per heavy atom. The van der Waals surface area contributed by atoms with E-state index in [9.17, 15) is 19.5 Å². The van der Waals surface area contributed by atoms with E-state index in [1.54, 1.807) is 39.0 Å². The highest BCUT2D eigenvalue weighted by molar-refractivity contribution is 5.92. The molecule has 8 nitrogen and oxygen atoms in total. The summed E-state index contributed by atoms with van der Waals surface area (Å²) in [5.74, 6) is -1.10. The topological polar surface area (TPSA) is 108 Å². The van der Waals surface area contributed by atoms with Crippen LogP contribution in [0.3, 0.4) is 0 Å². The summed E-state index contributed by atoms with van der Waals surface area (Å²) in [6.07, 6.45) is 2.92. The number of carbonyl (C=O) groups is 3. The molecule has 1 rings (SSSR count). The number of amides is 3. The molecular formula is C27H45N3O5. The van der Waals surface area contributed by atoms with Gasteiger partial charge in [-0.2, -0.15) is 0 Å². The van der Waals surface area contributed by atoms with Gasteiger partial charge in [-0.25, -0.2) is 4.79 Å². The smallest absolute Gasteiger partial charge is 0.408 e. The van der Waals surface area contributed by atoms with Gasteiger partial charge in [0.2, 0.25) is 11.8 Å². The molecule has 0 saturated carbocycles. The lowest BCUT2D eigenvalue weighted by Crippen LogP contribution is -2.55. The van der Waals surface area contributed by atoms with Crippen molar-refractivity contribution >= 4 is 17.9 Å². The van der Waals surface area contributed by atoms with Crippen LogP contribution >= 0.6 is 0 Å². The number of nitrogens with one attached hydrogen (secondary N) is 2. The minimum Gasteiger partial charge on any atom is -0.508 e. The third kappa shape index (κ3) is 10.2. The second-order valence-electron chi connectivity index (χ2n) is 10.6. The van der Waals surface area contributed by atoms with Crippen LogP contribution in [0.1, 0.15) is 92.7 Å². The van der Waals surface area contributed by atoms with Gasteiger partial charge in [-0.3, -0.25) is 9.59 Å². The first kappa shape index (κ1) is 30.3. The lowest BCUT2D eigenvalue weighted by atomic mass is 9.97. The van der Waals surface area contributed by atoms with Crippen LogP contribution in [0.2, 0.25) is 0 Å². The van der Waals surface area contributed by atoms with Gasteiger partial charge >= 0.3 is 6.09 Å². The molecular weight excluding hydrogens is 446 g/mol. The van der Waals surface area contributed by atoms with Crippen molar-refractivity contribution in [2.24, 2.45) is 5.92 Å². The number of rotatable bonds is 12. The van der Waals surface area contributed by atoms with Gasteiger partial charge in [0.05, 0.1) is 0 Å². The van der Waals surface area contributed by atoms with Crippen LogP contribution in [-0.2, 0) is 14.3 Å². The number of nitrogens with zero attached hydrogens (tertiary/aromatic N) is 1. The first-order valence-electron chi connectivity index (χ1n) is 12.7. The Kier molecular flexibility index (Phi) is 12.1. The molecule has 0 aliphatic rings. The molecule has 0 aliphatic heterocycles. The summed E-state index contributed by atoms with van der Waals surface area (Å²) in [5, 5.41) is 16.2. The Morgan fingerprint density at radius 1 is 1.00 bits per heavy atom. The highest BCUT2D eigenvalue weighted by Crippen LogP contribution is 2.31. The Morgan fingerprint density at radius 2 is 1.63 bits per heavy atom. The predicted octanol–water partition coefficient (Wildman–Crippen LogP) is 4.92. The van der Waals surface area contributed by atoms with Gasteiger partial charge in [0, 0.05) is 18.2 Å². The molecule has 0 fully saturated rings. The molecule has 0 aromatic heterocycles. The van der Waals surface area contributed by atoms with Crippen molar-refractivity contribution in [1.29, 1.82) is 0 Å². The Balaban J connectivity index is 3.45. The molecule has 198 valence electrons. The third-order valence-corrected chi connectivity index (χ3v) is 5.36. The van der Waals surface area contributed by atoms with Crippen LogP contribution in [0.5, 0.6) is 5.75 Å². The normalized spacial score (nSPS) is 13.3. The van der Waals surface area contributed by atoms with Gasteiger partial charge < -0.3 is 25.4 Å². The summed E-state index contributed by atoms with van der Waals surface area (Å²) in [4.78, 5) is 41.4. The third-order valence-electron chi connectivity index (χ3n) is 5.36. The molecule has 1 aromatic carbocycles. The fraction of sp³-hybridized carbons (Fsp3) is 0.667. The molecule has 0 saturated heterocycles. The molecule has 2 unspecified atom stereocenters. The Bertz CT molecular complexity index is 832. The monoisotopic (exact) mass is 491 g/mol. The highest BCUT2D eigenvalue weighted by atomic mass is 16.6. The van der Waals surface area contributed by atoms with Crippen LogP contribution in [0.4, 0.5) is 4.79 Å². The van der Waals surface area contributed by atoms with Crippen LogP contribution < -0.4 is 10.6 Å². The van der Waals surface area contributed by atoms with Gasteiger partial charge in [-0.1, -0.05) is 58.2 Å². The minimum absolute atomic E-state index is 0.0658. The zero-order chi connectivity index (χ0) is 26.8. The zero-order valence-electron chi connectivity index (χ0n) is 22.7. The summed E-state index contributed by atoms with van der Waals surface area (Å²) in [6.45, 7) is 15.0. The van der Waals surface area contributed by atoms with Gasteiger partial charge in [0.15, 0.2) is 0 Å². The van der Waals surface area contributed by atoms with E-state index in [0.717, 1.165) is 19.3 Å². The lowest BCUT2D eigenvalue weighted by Gasteiger charge is -2.36. The molecule has 0 radical (unpaired) electrons. The van der Waals surface area contributed by atoms with E-state index in [0.29, 0.717) is 18.5 Å². The quantitative estimate of drug-likeness (QED) is 0.360. The number of ether oxygens (including phenoxy) is 1. The van der Waals surface area contributed by atoms with Crippen LogP contribution in [-0.4, -0.2) is 52.1 Å². The fourth-order valence-corrected chi connectivity index (χ4v) is 3.74. The van der Waals surface area contributed by atoms with Gasteiger partial charge in [-0.05, 0) is 53.0 Å². The van der Waals surface area contributed by atoms with Crippen LogP contribution in [0, 0.1) is 5.92 Å². The molecule has 3 N–H and O–H groups in total. The van der Waals surface area contributed by atoms with Crippen molar-refractivity contribution < 1.29 is 24.2 Å². The summed E-state index contributed by atoms with van der Waals surface area (Å²) < 4.78 is 5.39. The molecule has 0 spiro atoms. The number of phenols is 1. The fourth-order valence-electron chi connectivity index (χ4n) is 3.74. The van der Waals surface area contributed by atoms with Crippen molar-refractivity contribution in [3.05, 3.63) is 29.8 Å². The van der Waals surface area contributed by atoms with E-state index in [1.807, 2.05) is 27.7 Å². The number of para-hydroxylation sites is 1. The number of benzene rings is 1. The summed E-state index contributed by atoms with van der Waals surface area (Å²) >= 11 is 0. The van der Waals surface area contributed by atoms with Gasteiger partial charge in [0.25, 0.3) is 0 Å². The molecule has 1 aromatic rings. The molecule has 0 heterocycles. The minimum atomic E-state index is -1.05. The number of hydrogen-bond donors (Lipinski definition) is 3. The van der Waals surface area contributed by atoms with E-state index >= 15 is 0 Å². The molecule has 2 atom stereocenters. The van der Waals surface area contributed by atoms with E-state index < -0.39 is 29.7 Å². The average molecular weight is 492 g/mol. The number of hydrogen-bond acceptors (Lipinski definition) is 5. The maximum absolute atomic E-state index is 14.0. The molecule has 8 heteroatoms. The number of unbranched alkanes of at least 4 members (excludes halogenated alkanes) is 3. The number of aromatic hydroxyl groups is 1. The van der Waals surface area contributed by atoms with Crippen molar-refractivity contribution in [3.63, 3.8) is 0 Å². The van der Waals surface area contributed by atoms with Crippen molar-refractivity contribution in [2.45, 2.75) is 105 Å².